The summed E-state index contributed by atoms with van der Waals surface area (Å²) in [7, 11) is 0. The van der Waals surface area contributed by atoms with Crippen LogP contribution in [-0.4, -0.2) is 51.9 Å². The monoisotopic (exact) mass is 433 g/mol. The Kier molecular flexibility index (Phi) is 4.67. The summed E-state index contributed by atoms with van der Waals surface area (Å²) in [5.74, 6) is 3.51. The van der Waals surface area contributed by atoms with Crippen LogP contribution in [0.5, 0.6) is 0 Å². The molecule has 1 saturated carbocycles. The summed E-state index contributed by atoms with van der Waals surface area (Å²) in [4.78, 5) is 34.1. The molecule has 2 fully saturated rings. The molecule has 0 spiro atoms. The molecule has 1 saturated heterocycles. The lowest BCUT2D eigenvalue weighted by atomic mass is 9.89. The fourth-order valence-electron chi connectivity index (χ4n) is 4.89. The van der Waals surface area contributed by atoms with Gasteiger partial charge in [0, 0.05) is 49.4 Å². The Hall–Kier alpha value is -2.54. The second kappa shape index (κ2) is 7.55. The highest BCUT2D eigenvalue weighted by Gasteiger charge is 2.32. The Balaban J connectivity index is 1.31. The topological polar surface area (TPSA) is 62.2 Å². The van der Waals surface area contributed by atoms with Crippen LogP contribution in [0, 0.1) is 5.92 Å². The molecular formula is C24H27N5OS. The van der Waals surface area contributed by atoms with Gasteiger partial charge < -0.3 is 9.80 Å². The molecule has 7 heteroatoms. The van der Waals surface area contributed by atoms with Crippen molar-refractivity contribution in [3.8, 4) is 0 Å². The first-order valence-electron chi connectivity index (χ1n) is 11.4. The van der Waals surface area contributed by atoms with Crippen LogP contribution in [0.2, 0.25) is 0 Å². The zero-order valence-electron chi connectivity index (χ0n) is 17.9. The van der Waals surface area contributed by atoms with Crippen LogP contribution in [0.15, 0.2) is 24.5 Å². The molecule has 160 valence electrons. The van der Waals surface area contributed by atoms with Crippen LogP contribution < -0.4 is 4.90 Å². The van der Waals surface area contributed by atoms with Gasteiger partial charge >= 0.3 is 0 Å². The van der Waals surface area contributed by atoms with E-state index in [2.05, 4.69) is 16.8 Å². The molecule has 3 aromatic heterocycles. The predicted octanol–water partition coefficient (Wildman–Crippen LogP) is 4.05. The first kappa shape index (κ1) is 19.2. The summed E-state index contributed by atoms with van der Waals surface area (Å²) in [5.41, 5.74) is 2.15. The molecule has 1 amide bonds. The highest BCUT2D eigenvalue weighted by atomic mass is 32.1. The number of rotatable bonds is 3. The Morgan fingerprint density at radius 1 is 1.13 bits per heavy atom. The number of carbonyl (C=O) groups excluding carboxylic acids is 1. The van der Waals surface area contributed by atoms with Crippen LogP contribution in [0.25, 0.3) is 10.2 Å². The first-order chi connectivity index (χ1) is 15.2. The number of nitrogens with zero attached hydrogens (tertiary/aromatic N) is 5. The van der Waals surface area contributed by atoms with E-state index < -0.39 is 0 Å². The second-order valence-corrected chi connectivity index (χ2v) is 10.3. The van der Waals surface area contributed by atoms with Crippen LogP contribution in [0.3, 0.4) is 0 Å². The number of hydrogen-bond donors (Lipinski definition) is 0. The molecule has 4 heterocycles. The SMILES string of the molecule is CC1CCc2c(sc3nc(C4CC4)nc(N4CCN(C(=O)c5cccnc5)CC4)c23)C1. The number of hydrogen-bond acceptors (Lipinski definition) is 6. The van der Waals surface area contributed by atoms with Gasteiger partial charge in [-0.05, 0) is 55.7 Å². The first-order valence-corrected chi connectivity index (χ1v) is 12.3. The summed E-state index contributed by atoms with van der Waals surface area (Å²) in [6.45, 7) is 5.39. The molecule has 3 aliphatic rings. The summed E-state index contributed by atoms with van der Waals surface area (Å²) in [6, 6.07) is 3.66. The minimum Gasteiger partial charge on any atom is -0.352 e. The summed E-state index contributed by atoms with van der Waals surface area (Å²) in [5, 5.41) is 1.29. The number of fused-ring (bicyclic) bond motifs is 3. The molecule has 6 rings (SSSR count). The molecule has 1 atom stereocenters. The molecule has 1 unspecified atom stereocenters. The van der Waals surface area contributed by atoms with Gasteiger partial charge in [-0.2, -0.15) is 0 Å². The standard InChI is InChI=1S/C24H27N5OS/c1-15-4-7-18-19(13-15)31-23-20(18)22(26-21(27-23)16-5-6-16)28-9-11-29(12-10-28)24(30)17-3-2-8-25-14-17/h2-3,8,14-16H,4-7,9-13H2,1H3. The lowest BCUT2D eigenvalue weighted by Crippen LogP contribution is -2.49. The van der Waals surface area contributed by atoms with E-state index >= 15 is 0 Å². The molecule has 0 bridgehead atoms. The van der Waals surface area contributed by atoms with E-state index in [0.717, 1.165) is 37.1 Å². The number of carbonyl (C=O) groups is 1. The van der Waals surface area contributed by atoms with Gasteiger partial charge in [-0.3, -0.25) is 9.78 Å². The van der Waals surface area contributed by atoms with E-state index in [9.17, 15) is 4.79 Å². The molecule has 31 heavy (non-hydrogen) atoms. The fraction of sp³-hybridized carbons (Fsp3) is 0.500. The van der Waals surface area contributed by atoms with Gasteiger partial charge in [-0.25, -0.2) is 9.97 Å². The van der Waals surface area contributed by atoms with Crippen LogP contribution in [-0.2, 0) is 12.8 Å². The third-order valence-corrected chi connectivity index (χ3v) is 8.02. The van der Waals surface area contributed by atoms with Gasteiger partial charge in [0.05, 0.1) is 10.9 Å². The molecule has 2 aliphatic carbocycles. The summed E-state index contributed by atoms with van der Waals surface area (Å²) < 4.78 is 0. The van der Waals surface area contributed by atoms with Gasteiger partial charge in [-0.15, -0.1) is 11.3 Å². The van der Waals surface area contributed by atoms with E-state index in [-0.39, 0.29) is 5.91 Å². The zero-order valence-corrected chi connectivity index (χ0v) is 18.7. The van der Waals surface area contributed by atoms with Gasteiger partial charge in [-0.1, -0.05) is 6.92 Å². The normalized spacial score (nSPS) is 21.4. The van der Waals surface area contributed by atoms with Crippen LogP contribution in [0.4, 0.5) is 5.82 Å². The van der Waals surface area contributed by atoms with Crippen molar-refractivity contribution >= 4 is 33.3 Å². The maximum Gasteiger partial charge on any atom is 0.255 e. The molecule has 0 N–H and O–H groups in total. The van der Waals surface area contributed by atoms with E-state index in [0.29, 0.717) is 24.6 Å². The van der Waals surface area contributed by atoms with Gasteiger partial charge in [0.25, 0.3) is 5.91 Å². The maximum absolute atomic E-state index is 12.8. The van der Waals surface area contributed by atoms with E-state index in [4.69, 9.17) is 9.97 Å². The largest absolute Gasteiger partial charge is 0.352 e. The number of piperazine rings is 1. The third-order valence-electron chi connectivity index (χ3n) is 6.87. The minimum absolute atomic E-state index is 0.0705. The Labute approximate surface area is 186 Å². The number of aryl methyl sites for hydroxylation is 1. The van der Waals surface area contributed by atoms with E-state index in [1.165, 1.54) is 46.3 Å². The van der Waals surface area contributed by atoms with Gasteiger partial charge in [0.15, 0.2) is 0 Å². The zero-order chi connectivity index (χ0) is 20.9. The van der Waals surface area contributed by atoms with Crippen molar-refractivity contribution in [2.75, 3.05) is 31.1 Å². The molecule has 6 nitrogen and oxygen atoms in total. The molecule has 1 aliphatic heterocycles. The fourth-order valence-corrected chi connectivity index (χ4v) is 6.27. The van der Waals surface area contributed by atoms with Crippen molar-refractivity contribution in [1.29, 1.82) is 0 Å². The number of thiophene rings is 1. The number of anilines is 1. The minimum atomic E-state index is 0.0705. The smallest absolute Gasteiger partial charge is 0.255 e. The molecular weight excluding hydrogens is 406 g/mol. The van der Waals surface area contributed by atoms with Gasteiger partial charge in [0.2, 0.25) is 0 Å². The van der Waals surface area contributed by atoms with Gasteiger partial charge in [0.1, 0.15) is 16.5 Å². The number of aromatic nitrogens is 3. The molecule has 0 radical (unpaired) electrons. The molecule has 3 aromatic rings. The van der Waals surface area contributed by atoms with Crippen LogP contribution in [0.1, 0.15) is 58.7 Å². The van der Waals surface area contributed by atoms with E-state index in [1.807, 2.05) is 28.4 Å². The Morgan fingerprint density at radius 2 is 1.97 bits per heavy atom. The quantitative estimate of drug-likeness (QED) is 0.624. The Morgan fingerprint density at radius 3 is 2.71 bits per heavy atom. The van der Waals surface area contributed by atoms with Crippen molar-refractivity contribution in [1.82, 2.24) is 19.9 Å². The van der Waals surface area contributed by atoms with Crippen molar-refractivity contribution < 1.29 is 4.79 Å². The lowest BCUT2D eigenvalue weighted by molar-refractivity contribution is 0.0746. The van der Waals surface area contributed by atoms with E-state index in [1.54, 1.807) is 12.4 Å². The highest BCUT2D eigenvalue weighted by Crippen LogP contribution is 2.44. The van der Waals surface area contributed by atoms with Crippen molar-refractivity contribution in [3.05, 3.63) is 46.4 Å². The second-order valence-electron chi connectivity index (χ2n) is 9.23. The lowest BCUT2D eigenvalue weighted by Gasteiger charge is -2.36. The average Bonchev–Trinajstić information content (AvgIpc) is 3.59. The Bertz CT molecular complexity index is 1130. The van der Waals surface area contributed by atoms with Crippen molar-refractivity contribution in [2.24, 2.45) is 5.92 Å². The van der Waals surface area contributed by atoms with Crippen molar-refractivity contribution in [3.63, 3.8) is 0 Å². The highest BCUT2D eigenvalue weighted by molar-refractivity contribution is 7.19. The average molecular weight is 434 g/mol. The number of pyridine rings is 1. The van der Waals surface area contributed by atoms with Crippen molar-refractivity contribution in [2.45, 2.75) is 44.9 Å². The summed E-state index contributed by atoms with van der Waals surface area (Å²) in [6.07, 6.45) is 9.33. The predicted molar refractivity (Wildman–Crippen MR) is 123 cm³/mol. The third kappa shape index (κ3) is 3.49. The van der Waals surface area contributed by atoms with Crippen LogP contribution >= 0.6 is 11.3 Å². The molecule has 0 aromatic carbocycles. The number of amides is 1. The maximum atomic E-state index is 12.8. The summed E-state index contributed by atoms with van der Waals surface area (Å²) >= 11 is 1.89.